The maximum absolute atomic E-state index is 12.6. The van der Waals surface area contributed by atoms with E-state index in [0.717, 1.165) is 64.2 Å². The van der Waals surface area contributed by atoms with Crippen molar-refractivity contribution in [2.75, 3.05) is 13.2 Å². The van der Waals surface area contributed by atoms with E-state index < -0.39 is 12.2 Å². The molecule has 6 rings (SSSR count). The summed E-state index contributed by atoms with van der Waals surface area (Å²) in [4.78, 5) is 25.1. The summed E-state index contributed by atoms with van der Waals surface area (Å²) in [7, 11) is 0. The Kier molecular flexibility index (Phi) is 16.4. The fourth-order valence-corrected chi connectivity index (χ4v) is 8.59. The highest BCUT2D eigenvalue weighted by molar-refractivity contribution is 5.70. The summed E-state index contributed by atoms with van der Waals surface area (Å²) in [5.74, 6) is -0.405. The second kappa shape index (κ2) is 21.1. The molecule has 12 atom stereocenters. The molecule has 6 fully saturated rings. The highest BCUT2D eigenvalue weighted by Crippen LogP contribution is 2.40. The molecule has 10 heteroatoms. The van der Waals surface area contributed by atoms with Crippen molar-refractivity contribution in [2.24, 2.45) is 0 Å². The van der Waals surface area contributed by atoms with Crippen LogP contribution in [0.3, 0.4) is 0 Å². The Labute approximate surface area is 313 Å². The fraction of sp³-hybridized carbons (Fsp3) is 0.952. The molecule has 6 aliphatic rings. The topological polar surface area (TPSA) is 121 Å². The predicted molar refractivity (Wildman–Crippen MR) is 196 cm³/mol. The highest BCUT2D eigenvalue weighted by atomic mass is 16.7. The van der Waals surface area contributed by atoms with Gasteiger partial charge in [0, 0.05) is 25.7 Å². The molecular formula is C42H70O10. The molecule has 6 heterocycles. The molecule has 0 amide bonds. The number of epoxide rings is 4. The zero-order valence-electron chi connectivity index (χ0n) is 32.4. The average Bonchev–Trinajstić information content (AvgIpc) is 4.07. The van der Waals surface area contributed by atoms with Crippen LogP contribution in [0, 0.1) is 0 Å². The van der Waals surface area contributed by atoms with Crippen LogP contribution in [0.1, 0.15) is 168 Å². The number of fused-ring (bicyclic) bond motifs is 1. The summed E-state index contributed by atoms with van der Waals surface area (Å²) in [6, 6.07) is 0. The van der Waals surface area contributed by atoms with Gasteiger partial charge in [-0.05, 0) is 38.5 Å². The third-order valence-corrected chi connectivity index (χ3v) is 12.1. The first-order valence-corrected chi connectivity index (χ1v) is 21.8. The molecule has 0 aromatic heterocycles. The van der Waals surface area contributed by atoms with Gasteiger partial charge in [0.2, 0.25) is 0 Å². The number of esters is 2. The molecule has 52 heavy (non-hydrogen) atoms. The quantitative estimate of drug-likeness (QED) is 0.0407. The maximum Gasteiger partial charge on any atom is 0.306 e. The lowest BCUT2D eigenvalue weighted by molar-refractivity contribution is -0.155. The van der Waals surface area contributed by atoms with E-state index in [9.17, 15) is 9.59 Å². The Morgan fingerprint density at radius 2 is 0.769 bits per heavy atom. The molecule has 0 aliphatic carbocycles. The monoisotopic (exact) mass is 734 g/mol. The molecule has 6 saturated heterocycles. The Bertz CT molecular complexity index is 989. The molecule has 0 saturated carbocycles. The van der Waals surface area contributed by atoms with Gasteiger partial charge >= 0.3 is 11.9 Å². The average molecular weight is 735 g/mol. The lowest BCUT2D eigenvalue weighted by Gasteiger charge is -2.17. The van der Waals surface area contributed by atoms with E-state index in [1.54, 1.807) is 0 Å². The standard InChI is InChI=1S/C42H70O10/c1-3-5-13-19-29-33(47-29)25-35-31(49-35)21-15-9-7-11-17-23-39(43)51-37-27-45-42-38(28-46-41(37)42)52-40(44)24-18-12-8-10-16-22-32-36(50-32)26-34-30(48-34)20-14-6-4-2/h29-38,41-42H,3-28H2,1-2H3. The summed E-state index contributed by atoms with van der Waals surface area (Å²) >= 11 is 0. The van der Waals surface area contributed by atoms with Crippen molar-refractivity contribution in [1.82, 2.24) is 0 Å². The first kappa shape index (κ1) is 40.4. The largest absolute Gasteiger partial charge is 0.457 e. The van der Waals surface area contributed by atoms with Crippen molar-refractivity contribution in [3.8, 4) is 0 Å². The zero-order chi connectivity index (χ0) is 36.1. The number of rotatable bonds is 30. The van der Waals surface area contributed by atoms with Crippen LogP contribution in [0.2, 0.25) is 0 Å². The number of carbonyl (C=O) groups excluding carboxylic acids is 2. The van der Waals surface area contributed by atoms with E-state index in [1.165, 1.54) is 77.0 Å². The molecule has 298 valence electrons. The van der Waals surface area contributed by atoms with Crippen LogP contribution in [0.15, 0.2) is 0 Å². The van der Waals surface area contributed by atoms with E-state index in [4.69, 9.17) is 37.9 Å². The lowest BCUT2D eigenvalue weighted by Crippen LogP contribution is -2.35. The van der Waals surface area contributed by atoms with Crippen LogP contribution >= 0.6 is 0 Å². The van der Waals surface area contributed by atoms with Crippen LogP contribution in [0.4, 0.5) is 0 Å². The van der Waals surface area contributed by atoms with Crippen molar-refractivity contribution in [3.05, 3.63) is 0 Å². The Morgan fingerprint density at radius 1 is 0.442 bits per heavy atom. The normalized spacial score (nSPS) is 35.3. The zero-order valence-corrected chi connectivity index (χ0v) is 32.4. The third kappa shape index (κ3) is 13.5. The highest BCUT2D eigenvalue weighted by Gasteiger charge is 2.51. The molecule has 6 aliphatic heterocycles. The number of ether oxygens (including phenoxy) is 8. The SMILES string of the molecule is CCCCCC1OC1CC1OC1CCCCCCCC(=O)OC1COC2C(OC(=O)CCCCCCCC3OC3CC3OC3CCCCC)COC12. The summed E-state index contributed by atoms with van der Waals surface area (Å²) < 4.78 is 46.7. The molecule has 0 N–H and O–H groups in total. The van der Waals surface area contributed by atoms with Crippen LogP contribution in [0.5, 0.6) is 0 Å². The second-order valence-corrected chi connectivity index (χ2v) is 16.6. The van der Waals surface area contributed by atoms with Gasteiger partial charge < -0.3 is 37.9 Å². The van der Waals surface area contributed by atoms with Crippen LogP contribution < -0.4 is 0 Å². The fourth-order valence-electron chi connectivity index (χ4n) is 8.59. The number of hydrogen-bond acceptors (Lipinski definition) is 10. The van der Waals surface area contributed by atoms with E-state index in [0.29, 0.717) is 61.7 Å². The minimum absolute atomic E-state index is 0.202. The Balaban J connectivity index is 0.703. The van der Waals surface area contributed by atoms with E-state index in [1.807, 2.05) is 0 Å². The van der Waals surface area contributed by atoms with Crippen LogP contribution in [-0.2, 0) is 47.5 Å². The number of carbonyl (C=O) groups is 2. The van der Waals surface area contributed by atoms with Gasteiger partial charge in [-0.3, -0.25) is 9.59 Å². The van der Waals surface area contributed by atoms with Gasteiger partial charge in [0.1, 0.15) is 12.2 Å². The maximum atomic E-state index is 12.6. The van der Waals surface area contributed by atoms with Gasteiger partial charge in [-0.2, -0.15) is 0 Å². The first-order chi connectivity index (χ1) is 25.5. The van der Waals surface area contributed by atoms with Crippen molar-refractivity contribution in [3.63, 3.8) is 0 Å². The molecule has 0 aromatic rings. The van der Waals surface area contributed by atoms with E-state index >= 15 is 0 Å². The Hall–Kier alpha value is -1.30. The van der Waals surface area contributed by atoms with Gasteiger partial charge in [0.05, 0.1) is 62.0 Å². The summed E-state index contributed by atoms with van der Waals surface area (Å²) in [5.41, 5.74) is 0. The Morgan fingerprint density at radius 3 is 1.13 bits per heavy atom. The second-order valence-electron chi connectivity index (χ2n) is 16.6. The summed E-state index contributed by atoms with van der Waals surface area (Å²) in [5, 5.41) is 0. The van der Waals surface area contributed by atoms with Crippen molar-refractivity contribution >= 4 is 11.9 Å². The van der Waals surface area contributed by atoms with Gasteiger partial charge in [-0.25, -0.2) is 0 Å². The molecule has 12 unspecified atom stereocenters. The van der Waals surface area contributed by atoms with E-state index in [-0.39, 0.29) is 37.4 Å². The number of unbranched alkanes of at least 4 members (excludes halogenated alkanes) is 12. The van der Waals surface area contributed by atoms with Gasteiger partial charge in [-0.1, -0.05) is 104 Å². The molecular weight excluding hydrogens is 664 g/mol. The molecule has 0 aromatic carbocycles. The molecule has 0 spiro atoms. The molecule has 10 nitrogen and oxygen atoms in total. The smallest absolute Gasteiger partial charge is 0.306 e. The summed E-state index contributed by atoms with van der Waals surface area (Å²) in [6.45, 7) is 5.05. The summed E-state index contributed by atoms with van der Waals surface area (Å²) in [6.07, 6.45) is 27.9. The van der Waals surface area contributed by atoms with Crippen molar-refractivity contribution in [2.45, 2.75) is 241 Å². The number of hydrogen-bond donors (Lipinski definition) is 0. The van der Waals surface area contributed by atoms with Gasteiger partial charge in [0.15, 0.2) is 12.2 Å². The van der Waals surface area contributed by atoms with Crippen molar-refractivity contribution in [1.29, 1.82) is 0 Å². The minimum Gasteiger partial charge on any atom is -0.457 e. The van der Waals surface area contributed by atoms with Crippen LogP contribution in [0.25, 0.3) is 0 Å². The first-order valence-electron chi connectivity index (χ1n) is 21.8. The predicted octanol–water partition coefficient (Wildman–Crippen LogP) is 8.08. The lowest BCUT2D eigenvalue weighted by atomic mass is 10.0. The van der Waals surface area contributed by atoms with Gasteiger partial charge in [-0.15, -0.1) is 0 Å². The third-order valence-electron chi connectivity index (χ3n) is 12.1. The minimum atomic E-state index is -0.439. The molecule has 0 bridgehead atoms. The van der Waals surface area contributed by atoms with Crippen molar-refractivity contribution < 1.29 is 47.5 Å². The molecule has 0 radical (unpaired) electrons. The van der Waals surface area contributed by atoms with E-state index in [2.05, 4.69) is 13.8 Å². The van der Waals surface area contributed by atoms with Crippen LogP contribution in [-0.4, -0.2) is 98.4 Å². The van der Waals surface area contributed by atoms with Gasteiger partial charge in [0.25, 0.3) is 0 Å².